The van der Waals surface area contributed by atoms with Crippen molar-refractivity contribution in [2.45, 2.75) is 33.2 Å². The molecule has 0 aliphatic rings. The lowest BCUT2D eigenvalue weighted by Gasteiger charge is -2.07. The molecule has 3 amide bonds. The van der Waals surface area contributed by atoms with Gasteiger partial charge in [-0.2, -0.15) is 5.10 Å². The first-order valence-corrected chi connectivity index (χ1v) is 6.72. The number of amides is 3. The Bertz CT molecular complexity index is 569. The van der Waals surface area contributed by atoms with E-state index >= 15 is 0 Å². The van der Waals surface area contributed by atoms with E-state index < -0.39 is 11.8 Å². The molecule has 0 aliphatic heterocycles. The Kier molecular flexibility index (Phi) is 6.68. The first-order valence-electron chi connectivity index (χ1n) is 6.72. The van der Waals surface area contributed by atoms with Crippen LogP contribution in [0.4, 0.5) is 5.69 Å². The lowest BCUT2D eigenvalue weighted by molar-refractivity contribution is -0.139. The van der Waals surface area contributed by atoms with E-state index in [2.05, 4.69) is 26.1 Å². The molecule has 22 heavy (non-hydrogen) atoms. The fourth-order valence-electron chi connectivity index (χ4n) is 1.44. The maximum atomic E-state index is 11.7. The van der Waals surface area contributed by atoms with Crippen molar-refractivity contribution in [2.24, 2.45) is 5.10 Å². The fourth-order valence-corrected chi connectivity index (χ4v) is 1.44. The Hall–Kier alpha value is -2.77. The third-order valence-corrected chi connectivity index (χ3v) is 2.34. The Morgan fingerprint density at radius 3 is 2.59 bits per heavy atom. The van der Waals surface area contributed by atoms with Crippen molar-refractivity contribution in [1.82, 2.24) is 15.7 Å². The minimum absolute atomic E-state index is 0.0129. The summed E-state index contributed by atoms with van der Waals surface area (Å²) < 4.78 is 0. The molecule has 0 unspecified atom stereocenters. The molecular weight excluding hydrogens is 286 g/mol. The van der Waals surface area contributed by atoms with E-state index in [1.807, 2.05) is 0 Å². The molecular formula is C14H19N5O3. The summed E-state index contributed by atoms with van der Waals surface area (Å²) in [6, 6.07) is 3.26. The van der Waals surface area contributed by atoms with Crippen LogP contribution in [0.3, 0.4) is 0 Å². The Morgan fingerprint density at radius 2 is 2.00 bits per heavy atom. The van der Waals surface area contributed by atoms with Crippen LogP contribution in [-0.2, 0) is 14.4 Å². The van der Waals surface area contributed by atoms with Gasteiger partial charge in [-0.3, -0.25) is 19.4 Å². The van der Waals surface area contributed by atoms with Gasteiger partial charge in [-0.1, -0.05) is 0 Å². The normalized spacial score (nSPS) is 11.0. The van der Waals surface area contributed by atoms with Gasteiger partial charge >= 0.3 is 11.8 Å². The third kappa shape index (κ3) is 6.60. The van der Waals surface area contributed by atoms with E-state index in [9.17, 15) is 14.4 Å². The molecule has 1 aromatic heterocycles. The number of pyridine rings is 1. The maximum absolute atomic E-state index is 11.7. The highest BCUT2D eigenvalue weighted by atomic mass is 16.2. The van der Waals surface area contributed by atoms with Gasteiger partial charge in [0.25, 0.3) is 0 Å². The van der Waals surface area contributed by atoms with Crippen LogP contribution in [0.15, 0.2) is 29.6 Å². The Morgan fingerprint density at radius 1 is 1.27 bits per heavy atom. The quantitative estimate of drug-likeness (QED) is 0.416. The summed E-state index contributed by atoms with van der Waals surface area (Å²) >= 11 is 0. The number of anilines is 1. The third-order valence-electron chi connectivity index (χ3n) is 2.34. The number of nitrogens with zero attached hydrogens (tertiary/aromatic N) is 2. The van der Waals surface area contributed by atoms with E-state index in [4.69, 9.17) is 0 Å². The van der Waals surface area contributed by atoms with E-state index in [1.54, 1.807) is 39.1 Å². The average Bonchev–Trinajstić information content (AvgIpc) is 2.44. The number of hydrogen-bond acceptors (Lipinski definition) is 5. The molecule has 0 aromatic carbocycles. The van der Waals surface area contributed by atoms with Gasteiger partial charge in [0, 0.05) is 18.0 Å². The van der Waals surface area contributed by atoms with Crippen LogP contribution in [0.1, 0.15) is 27.2 Å². The standard InChI is InChI=1S/C14H19N5O3/c1-9(2)16-13(21)14(22)19-18-10(3)7-12(20)17-11-5-4-6-15-8-11/h4-6,8-9H,7H2,1-3H3,(H,16,21)(H,17,20)(H,19,22)/b18-10+. The molecule has 1 rings (SSSR count). The van der Waals surface area contributed by atoms with Crippen molar-refractivity contribution >= 4 is 29.1 Å². The molecule has 0 saturated heterocycles. The highest BCUT2D eigenvalue weighted by Gasteiger charge is 2.13. The zero-order valence-electron chi connectivity index (χ0n) is 12.7. The molecule has 0 radical (unpaired) electrons. The SMILES string of the molecule is C/C(CC(=O)Nc1cccnc1)=N\NC(=O)C(=O)NC(C)C. The van der Waals surface area contributed by atoms with Crippen molar-refractivity contribution in [2.75, 3.05) is 5.32 Å². The number of hydrazone groups is 1. The van der Waals surface area contributed by atoms with Gasteiger partial charge < -0.3 is 10.6 Å². The lowest BCUT2D eigenvalue weighted by Crippen LogP contribution is -2.41. The molecule has 0 aliphatic carbocycles. The molecule has 118 valence electrons. The number of rotatable bonds is 5. The molecule has 0 fully saturated rings. The fraction of sp³-hybridized carbons (Fsp3) is 0.357. The molecule has 0 saturated carbocycles. The largest absolute Gasteiger partial charge is 0.346 e. The van der Waals surface area contributed by atoms with Crippen molar-refractivity contribution in [3.63, 3.8) is 0 Å². The molecule has 8 heteroatoms. The van der Waals surface area contributed by atoms with Crippen LogP contribution in [0.5, 0.6) is 0 Å². The second kappa shape index (κ2) is 8.50. The van der Waals surface area contributed by atoms with Crippen LogP contribution in [0.25, 0.3) is 0 Å². The average molecular weight is 305 g/mol. The molecule has 3 N–H and O–H groups in total. The monoisotopic (exact) mass is 305 g/mol. The highest BCUT2D eigenvalue weighted by Crippen LogP contribution is 2.03. The smallest absolute Gasteiger partial charge is 0.329 e. The van der Waals surface area contributed by atoms with E-state index in [0.29, 0.717) is 11.4 Å². The molecule has 1 heterocycles. The van der Waals surface area contributed by atoms with Gasteiger partial charge in [0.2, 0.25) is 5.91 Å². The van der Waals surface area contributed by atoms with Crippen LogP contribution in [0.2, 0.25) is 0 Å². The summed E-state index contributed by atoms with van der Waals surface area (Å²) in [5.74, 6) is -1.94. The van der Waals surface area contributed by atoms with Gasteiger partial charge in [0.15, 0.2) is 0 Å². The molecule has 8 nitrogen and oxygen atoms in total. The molecule has 0 spiro atoms. The van der Waals surface area contributed by atoms with Gasteiger partial charge in [0.1, 0.15) is 0 Å². The predicted octanol–water partition coefficient (Wildman–Crippen LogP) is 0.427. The van der Waals surface area contributed by atoms with Crippen molar-refractivity contribution in [1.29, 1.82) is 0 Å². The number of carbonyl (C=O) groups excluding carboxylic acids is 3. The molecule has 1 aromatic rings. The first kappa shape index (κ1) is 17.3. The minimum Gasteiger partial charge on any atom is -0.346 e. The van der Waals surface area contributed by atoms with Crippen LogP contribution in [0, 0.1) is 0 Å². The summed E-state index contributed by atoms with van der Waals surface area (Å²) in [5.41, 5.74) is 3.04. The van der Waals surface area contributed by atoms with Crippen LogP contribution < -0.4 is 16.1 Å². The van der Waals surface area contributed by atoms with Crippen LogP contribution in [-0.4, -0.2) is 34.5 Å². The zero-order valence-corrected chi connectivity index (χ0v) is 12.7. The van der Waals surface area contributed by atoms with E-state index in [1.165, 1.54) is 6.20 Å². The van der Waals surface area contributed by atoms with Crippen molar-refractivity contribution in [3.05, 3.63) is 24.5 Å². The van der Waals surface area contributed by atoms with Crippen LogP contribution >= 0.6 is 0 Å². The number of hydrogen-bond donors (Lipinski definition) is 3. The van der Waals surface area contributed by atoms with E-state index in [0.717, 1.165) is 0 Å². The molecule has 0 atom stereocenters. The summed E-state index contributed by atoms with van der Waals surface area (Å²) in [7, 11) is 0. The second-order valence-electron chi connectivity index (χ2n) is 4.88. The maximum Gasteiger partial charge on any atom is 0.329 e. The molecule has 0 bridgehead atoms. The van der Waals surface area contributed by atoms with Crippen molar-refractivity contribution in [3.8, 4) is 0 Å². The van der Waals surface area contributed by atoms with Gasteiger partial charge in [-0.05, 0) is 32.9 Å². The Labute approximate surface area is 128 Å². The Balaban J connectivity index is 2.44. The lowest BCUT2D eigenvalue weighted by atomic mass is 10.3. The second-order valence-corrected chi connectivity index (χ2v) is 4.88. The number of nitrogens with one attached hydrogen (secondary N) is 3. The van der Waals surface area contributed by atoms with Gasteiger partial charge in [0.05, 0.1) is 18.3 Å². The summed E-state index contributed by atoms with van der Waals surface area (Å²) in [6.07, 6.45) is 3.10. The van der Waals surface area contributed by atoms with Gasteiger partial charge in [-0.15, -0.1) is 0 Å². The summed E-state index contributed by atoms with van der Waals surface area (Å²) in [6.45, 7) is 5.05. The summed E-state index contributed by atoms with van der Waals surface area (Å²) in [5, 5.41) is 8.78. The minimum atomic E-state index is -0.874. The summed E-state index contributed by atoms with van der Waals surface area (Å²) in [4.78, 5) is 38.4. The van der Waals surface area contributed by atoms with Gasteiger partial charge in [-0.25, -0.2) is 5.43 Å². The number of aromatic nitrogens is 1. The first-order chi connectivity index (χ1) is 10.4. The topological polar surface area (TPSA) is 113 Å². The van der Waals surface area contributed by atoms with E-state index in [-0.39, 0.29) is 18.4 Å². The zero-order chi connectivity index (χ0) is 16.5. The van der Waals surface area contributed by atoms with Crippen molar-refractivity contribution < 1.29 is 14.4 Å². The number of carbonyl (C=O) groups is 3. The highest BCUT2D eigenvalue weighted by molar-refractivity contribution is 6.35. The predicted molar refractivity (Wildman–Crippen MR) is 82.0 cm³/mol.